The van der Waals surface area contributed by atoms with Crippen LogP contribution in [-0.4, -0.2) is 41.1 Å². The van der Waals surface area contributed by atoms with Crippen molar-refractivity contribution in [3.05, 3.63) is 0 Å². The van der Waals surface area contributed by atoms with E-state index in [0.29, 0.717) is 19.0 Å². The normalized spacial score (nSPS) is 28.8. The van der Waals surface area contributed by atoms with Gasteiger partial charge in [-0.05, 0) is 38.5 Å². The van der Waals surface area contributed by atoms with Gasteiger partial charge in [0.05, 0.1) is 5.92 Å². The molecule has 0 aromatic rings. The molecule has 0 bridgehead atoms. The largest absolute Gasteiger partial charge is 0.396 e. The number of hydrogen-bond acceptors (Lipinski definition) is 3. The SMILES string of the molecule is NC1CCCCC1C(=O)N(CCCO)C1CCC1. The van der Waals surface area contributed by atoms with Crippen LogP contribution in [-0.2, 0) is 4.79 Å². The Morgan fingerprint density at radius 1 is 1.17 bits per heavy atom. The predicted molar refractivity (Wildman–Crippen MR) is 71.0 cm³/mol. The fraction of sp³-hybridized carbons (Fsp3) is 0.929. The lowest BCUT2D eigenvalue weighted by Gasteiger charge is -2.41. The lowest BCUT2D eigenvalue weighted by Crippen LogP contribution is -2.51. The van der Waals surface area contributed by atoms with E-state index in [0.717, 1.165) is 38.5 Å². The Kier molecular flexibility index (Phi) is 5.01. The minimum atomic E-state index is 0.0260. The fourth-order valence-electron chi connectivity index (χ4n) is 3.09. The summed E-state index contributed by atoms with van der Waals surface area (Å²) >= 11 is 0. The minimum absolute atomic E-state index is 0.0260. The Labute approximate surface area is 110 Å². The Morgan fingerprint density at radius 2 is 1.89 bits per heavy atom. The molecule has 3 N–H and O–H groups in total. The first kappa shape index (κ1) is 13.8. The average Bonchev–Trinajstić information content (AvgIpc) is 2.32. The summed E-state index contributed by atoms with van der Waals surface area (Å²) in [6, 6.07) is 0.459. The molecule has 2 aliphatic rings. The van der Waals surface area contributed by atoms with Gasteiger partial charge >= 0.3 is 0 Å². The minimum Gasteiger partial charge on any atom is -0.396 e. The van der Waals surface area contributed by atoms with Gasteiger partial charge in [-0.2, -0.15) is 0 Å². The molecule has 0 heterocycles. The molecular formula is C14H26N2O2. The molecule has 0 radical (unpaired) electrons. The van der Waals surface area contributed by atoms with Crippen LogP contribution in [0.2, 0.25) is 0 Å². The van der Waals surface area contributed by atoms with E-state index in [2.05, 4.69) is 0 Å². The summed E-state index contributed by atoms with van der Waals surface area (Å²) in [5.41, 5.74) is 6.11. The topological polar surface area (TPSA) is 66.6 Å². The first-order valence-corrected chi connectivity index (χ1v) is 7.41. The molecule has 0 spiro atoms. The van der Waals surface area contributed by atoms with Crippen LogP contribution in [0.3, 0.4) is 0 Å². The molecule has 2 atom stereocenters. The van der Waals surface area contributed by atoms with Crippen LogP contribution in [0.1, 0.15) is 51.4 Å². The van der Waals surface area contributed by atoms with Crippen molar-refractivity contribution >= 4 is 5.91 Å². The zero-order valence-corrected chi connectivity index (χ0v) is 11.2. The second-order valence-electron chi connectivity index (χ2n) is 5.75. The first-order valence-electron chi connectivity index (χ1n) is 7.41. The average molecular weight is 254 g/mol. The zero-order valence-electron chi connectivity index (χ0n) is 11.2. The second-order valence-corrected chi connectivity index (χ2v) is 5.75. The van der Waals surface area contributed by atoms with E-state index in [1.54, 1.807) is 0 Å². The number of carbonyl (C=O) groups excluding carboxylic acids is 1. The van der Waals surface area contributed by atoms with Gasteiger partial charge in [-0.25, -0.2) is 0 Å². The van der Waals surface area contributed by atoms with Crippen molar-refractivity contribution in [2.24, 2.45) is 11.7 Å². The predicted octanol–water partition coefficient (Wildman–Crippen LogP) is 1.27. The summed E-state index contributed by atoms with van der Waals surface area (Å²) in [6.45, 7) is 0.858. The van der Waals surface area contributed by atoms with Gasteiger partial charge in [-0.15, -0.1) is 0 Å². The highest BCUT2D eigenvalue weighted by Crippen LogP contribution is 2.30. The molecule has 0 aromatic heterocycles. The number of amides is 1. The number of rotatable bonds is 5. The maximum Gasteiger partial charge on any atom is 0.227 e. The van der Waals surface area contributed by atoms with Gasteiger partial charge in [0, 0.05) is 25.2 Å². The van der Waals surface area contributed by atoms with Gasteiger partial charge in [0.25, 0.3) is 0 Å². The van der Waals surface area contributed by atoms with Gasteiger partial charge < -0.3 is 15.7 Å². The molecule has 18 heavy (non-hydrogen) atoms. The number of carbonyl (C=O) groups is 1. The molecule has 2 aliphatic carbocycles. The fourth-order valence-corrected chi connectivity index (χ4v) is 3.09. The molecule has 2 unspecified atom stereocenters. The van der Waals surface area contributed by atoms with Crippen molar-refractivity contribution in [1.29, 1.82) is 0 Å². The van der Waals surface area contributed by atoms with Crippen LogP contribution in [0.15, 0.2) is 0 Å². The molecular weight excluding hydrogens is 228 g/mol. The number of nitrogens with two attached hydrogens (primary N) is 1. The van der Waals surface area contributed by atoms with E-state index >= 15 is 0 Å². The van der Waals surface area contributed by atoms with Crippen LogP contribution >= 0.6 is 0 Å². The summed E-state index contributed by atoms with van der Waals surface area (Å²) in [4.78, 5) is 14.6. The van der Waals surface area contributed by atoms with Crippen LogP contribution in [0.5, 0.6) is 0 Å². The van der Waals surface area contributed by atoms with Crippen molar-refractivity contribution < 1.29 is 9.90 Å². The van der Waals surface area contributed by atoms with Crippen molar-refractivity contribution in [2.75, 3.05) is 13.2 Å². The van der Waals surface area contributed by atoms with Crippen LogP contribution in [0.25, 0.3) is 0 Å². The molecule has 0 aromatic carbocycles. The molecule has 0 saturated heterocycles. The molecule has 104 valence electrons. The summed E-state index contributed by atoms with van der Waals surface area (Å²) in [5.74, 6) is 0.276. The van der Waals surface area contributed by atoms with Gasteiger partial charge in [0.1, 0.15) is 0 Å². The Hall–Kier alpha value is -0.610. The van der Waals surface area contributed by atoms with E-state index < -0.39 is 0 Å². The van der Waals surface area contributed by atoms with Crippen LogP contribution in [0, 0.1) is 5.92 Å². The summed E-state index contributed by atoms with van der Waals surface area (Å²) in [6.07, 6.45) is 8.37. The zero-order chi connectivity index (χ0) is 13.0. The van der Waals surface area contributed by atoms with Gasteiger partial charge in [-0.3, -0.25) is 4.79 Å². The highest BCUT2D eigenvalue weighted by molar-refractivity contribution is 5.80. The number of aliphatic hydroxyl groups excluding tert-OH is 1. The van der Waals surface area contributed by atoms with E-state index in [9.17, 15) is 4.79 Å². The molecule has 2 fully saturated rings. The maximum absolute atomic E-state index is 12.6. The molecule has 4 nitrogen and oxygen atoms in total. The molecule has 2 saturated carbocycles. The Bertz CT molecular complexity index is 279. The van der Waals surface area contributed by atoms with E-state index in [1.165, 1.54) is 6.42 Å². The molecule has 0 aliphatic heterocycles. The van der Waals surface area contributed by atoms with Gasteiger partial charge in [0.2, 0.25) is 5.91 Å². The standard InChI is InChI=1S/C14H26N2O2/c15-13-8-2-1-7-12(13)14(18)16(9-4-10-17)11-5-3-6-11/h11-13,17H,1-10,15H2. The van der Waals surface area contributed by atoms with Gasteiger partial charge in [-0.1, -0.05) is 12.8 Å². The maximum atomic E-state index is 12.6. The van der Waals surface area contributed by atoms with E-state index in [1.807, 2.05) is 4.90 Å². The Balaban J connectivity index is 1.96. The smallest absolute Gasteiger partial charge is 0.227 e. The van der Waals surface area contributed by atoms with Crippen molar-refractivity contribution in [2.45, 2.75) is 63.5 Å². The highest BCUT2D eigenvalue weighted by atomic mass is 16.3. The molecule has 1 amide bonds. The second kappa shape index (κ2) is 6.53. The van der Waals surface area contributed by atoms with Crippen LogP contribution < -0.4 is 5.73 Å². The highest BCUT2D eigenvalue weighted by Gasteiger charge is 2.35. The molecule has 2 rings (SSSR count). The molecule has 4 heteroatoms. The van der Waals surface area contributed by atoms with Crippen molar-refractivity contribution in [3.8, 4) is 0 Å². The Morgan fingerprint density at radius 3 is 2.44 bits per heavy atom. The van der Waals surface area contributed by atoms with Gasteiger partial charge in [0.15, 0.2) is 0 Å². The van der Waals surface area contributed by atoms with E-state index in [-0.39, 0.29) is 24.5 Å². The summed E-state index contributed by atoms with van der Waals surface area (Å²) < 4.78 is 0. The third kappa shape index (κ3) is 3.04. The summed E-state index contributed by atoms with van der Waals surface area (Å²) in [7, 11) is 0. The monoisotopic (exact) mass is 254 g/mol. The summed E-state index contributed by atoms with van der Waals surface area (Å²) in [5, 5.41) is 8.97. The third-order valence-electron chi connectivity index (χ3n) is 4.49. The van der Waals surface area contributed by atoms with Crippen molar-refractivity contribution in [3.63, 3.8) is 0 Å². The number of hydrogen-bond donors (Lipinski definition) is 2. The van der Waals surface area contributed by atoms with Crippen LogP contribution in [0.4, 0.5) is 0 Å². The first-order chi connectivity index (χ1) is 8.74. The third-order valence-corrected chi connectivity index (χ3v) is 4.49. The number of aliphatic hydroxyl groups is 1. The lowest BCUT2D eigenvalue weighted by atomic mass is 9.82. The van der Waals surface area contributed by atoms with E-state index in [4.69, 9.17) is 10.8 Å². The quantitative estimate of drug-likeness (QED) is 0.776. The number of nitrogens with zero attached hydrogens (tertiary/aromatic N) is 1. The van der Waals surface area contributed by atoms with Crippen molar-refractivity contribution in [1.82, 2.24) is 4.90 Å². The lowest BCUT2D eigenvalue weighted by molar-refractivity contribution is -0.141.